The Morgan fingerprint density at radius 2 is 1.79 bits per heavy atom. The molecule has 3 rings (SSSR count). The van der Waals surface area contributed by atoms with Crippen LogP contribution >= 0.6 is 0 Å². The maximum Gasteiger partial charge on any atom is 0.337 e. The Hall–Kier alpha value is -3.62. The second-order valence-corrected chi connectivity index (χ2v) is 6.67. The highest BCUT2D eigenvalue weighted by Gasteiger charge is 2.25. The maximum atomic E-state index is 12.7. The molecule has 2 aromatic carbocycles. The summed E-state index contributed by atoms with van der Waals surface area (Å²) in [7, 11) is 1.30. The van der Waals surface area contributed by atoms with Crippen molar-refractivity contribution in [2.45, 2.75) is 6.92 Å². The van der Waals surface area contributed by atoms with E-state index in [-0.39, 0.29) is 11.7 Å². The number of esters is 1. The predicted octanol–water partition coefficient (Wildman–Crippen LogP) is 3.04. The molecule has 1 saturated heterocycles. The molecule has 0 bridgehead atoms. The third-order valence-corrected chi connectivity index (χ3v) is 4.89. The zero-order chi connectivity index (χ0) is 21.0. The van der Waals surface area contributed by atoms with E-state index >= 15 is 0 Å². The Morgan fingerprint density at radius 1 is 1.10 bits per heavy atom. The van der Waals surface area contributed by atoms with E-state index in [2.05, 4.69) is 5.32 Å². The average molecular weight is 398 g/mol. The number of ether oxygens (including phenoxy) is 1. The van der Waals surface area contributed by atoms with Gasteiger partial charge in [-0.2, -0.15) is 0 Å². The van der Waals surface area contributed by atoms with E-state index in [4.69, 9.17) is 4.74 Å². The van der Waals surface area contributed by atoms with Crippen LogP contribution in [0.25, 0.3) is 0 Å². The topological polar surface area (TPSA) is 105 Å². The first-order chi connectivity index (χ1) is 13.9. The van der Waals surface area contributed by atoms with Crippen molar-refractivity contribution in [1.29, 1.82) is 0 Å². The Balaban J connectivity index is 1.66. The molecule has 0 unspecified atom stereocenters. The lowest BCUT2D eigenvalue weighted by Gasteiger charge is -2.35. The lowest BCUT2D eigenvalue weighted by atomic mass is 10.1. The summed E-state index contributed by atoms with van der Waals surface area (Å²) in [5.41, 5.74) is 2.33. The normalized spacial score (nSPS) is 13.7. The number of carbonyl (C=O) groups excluding carboxylic acids is 2. The van der Waals surface area contributed by atoms with Gasteiger partial charge in [-0.15, -0.1) is 0 Å². The minimum absolute atomic E-state index is 0.0562. The van der Waals surface area contributed by atoms with Crippen molar-refractivity contribution in [3.63, 3.8) is 0 Å². The number of amides is 2. The van der Waals surface area contributed by atoms with Crippen LogP contribution in [0, 0.1) is 17.0 Å². The fourth-order valence-corrected chi connectivity index (χ4v) is 3.23. The summed E-state index contributed by atoms with van der Waals surface area (Å²) in [4.78, 5) is 38.8. The SMILES string of the molecule is COC(=O)c1ccc(C)c(NC(=O)N2CCN(c3ccccc3[N+](=O)[O-])CC2)c1. The van der Waals surface area contributed by atoms with Gasteiger partial charge in [0.15, 0.2) is 0 Å². The third kappa shape index (κ3) is 4.45. The first kappa shape index (κ1) is 20.1. The van der Waals surface area contributed by atoms with E-state index in [0.717, 1.165) is 5.56 Å². The van der Waals surface area contributed by atoms with Crippen molar-refractivity contribution >= 4 is 29.1 Å². The highest BCUT2D eigenvalue weighted by molar-refractivity contribution is 5.94. The molecule has 9 nitrogen and oxygen atoms in total. The van der Waals surface area contributed by atoms with Gasteiger partial charge in [0.2, 0.25) is 0 Å². The van der Waals surface area contributed by atoms with E-state index in [1.807, 2.05) is 11.8 Å². The van der Waals surface area contributed by atoms with Crippen LogP contribution < -0.4 is 10.2 Å². The summed E-state index contributed by atoms with van der Waals surface area (Å²) < 4.78 is 4.72. The van der Waals surface area contributed by atoms with E-state index in [1.54, 1.807) is 41.3 Å². The number of carbonyl (C=O) groups is 2. The molecule has 0 spiro atoms. The number of nitrogens with zero attached hydrogens (tertiary/aromatic N) is 3. The zero-order valence-electron chi connectivity index (χ0n) is 16.3. The molecule has 1 N–H and O–H groups in total. The Morgan fingerprint density at radius 3 is 2.45 bits per heavy atom. The fraction of sp³-hybridized carbons (Fsp3) is 0.300. The number of nitro groups is 1. The average Bonchev–Trinajstić information content (AvgIpc) is 2.74. The van der Waals surface area contributed by atoms with Crippen molar-refractivity contribution in [3.05, 3.63) is 63.7 Å². The maximum absolute atomic E-state index is 12.7. The number of para-hydroxylation sites is 2. The number of aryl methyl sites for hydroxylation is 1. The molecule has 0 aromatic heterocycles. The number of nitro benzene ring substituents is 1. The number of rotatable bonds is 4. The van der Waals surface area contributed by atoms with E-state index in [9.17, 15) is 19.7 Å². The molecule has 0 radical (unpaired) electrons. The fourth-order valence-electron chi connectivity index (χ4n) is 3.23. The highest BCUT2D eigenvalue weighted by atomic mass is 16.6. The second-order valence-electron chi connectivity index (χ2n) is 6.67. The number of hydrogen-bond donors (Lipinski definition) is 1. The standard InChI is InChI=1S/C20H22N4O5/c1-14-7-8-15(19(25)29-2)13-16(14)21-20(26)23-11-9-22(10-12-23)17-5-3-4-6-18(17)24(27)28/h3-8,13H,9-12H2,1-2H3,(H,21,26). The molecular weight excluding hydrogens is 376 g/mol. The number of methoxy groups -OCH3 is 1. The van der Waals surface area contributed by atoms with Crippen molar-refractivity contribution in [1.82, 2.24) is 4.90 Å². The van der Waals surface area contributed by atoms with Gasteiger partial charge >= 0.3 is 12.0 Å². The van der Waals surface area contributed by atoms with Gasteiger partial charge in [0, 0.05) is 37.9 Å². The molecular formula is C20H22N4O5. The lowest BCUT2D eigenvalue weighted by molar-refractivity contribution is -0.384. The molecule has 0 saturated carbocycles. The van der Waals surface area contributed by atoms with Gasteiger partial charge < -0.3 is 19.9 Å². The molecule has 1 aliphatic heterocycles. The van der Waals surface area contributed by atoms with Gasteiger partial charge in [-0.25, -0.2) is 9.59 Å². The number of piperazine rings is 1. The molecule has 1 fully saturated rings. The van der Waals surface area contributed by atoms with Crippen molar-refractivity contribution in [2.24, 2.45) is 0 Å². The number of nitrogens with one attached hydrogen (secondary N) is 1. The molecule has 2 amide bonds. The molecule has 1 heterocycles. The number of benzene rings is 2. The highest BCUT2D eigenvalue weighted by Crippen LogP contribution is 2.28. The smallest absolute Gasteiger partial charge is 0.337 e. The summed E-state index contributed by atoms with van der Waals surface area (Å²) in [5.74, 6) is -0.474. The van der Waals surface area contributed by atoms with Gasteiger partial charge in [-0.1, -0.05) is 18.2 Å². The van der Waals surface area contributed by atoms with E-state index in [0.29, 0.717) is 43.1 Å². The van der Waals surface area contributed by atoms with Gasteiger partial charge in [0.1, 0.15) is 5.69 Å². The molecule has 29 heavy (non-hydrogen) atoms. The second kappa shape index (κ2) is 8.59. The van der Waals surface area contributed by atoms with Crippen molar-refractivity contribution in [2.75, 3.05) is 43.5 Å². The van der Waals surface area contributed by atoms with E-state index < -0.39 is 10.9 Å². The van der Waals surface area contributed by atoms with Crippen LogP contribution in [-0.4, -0.2) is 55.1 Å². The van der Waals surface area contributed by atoms with Gasteiger partial charge in [0.05, 0.1) is 17.6 Å². The number of urea groups is 1. The largest absolute Gasteiger partial charge is 0.465 e. The van der Waals surface area contributed by atoms with Gasteiger partial charge in [-0.05, 0) is 30.7 Å². The molecule has 1 aliphatic rings. The summed E-state index contributed by atoms with van der Waals surface area (Å²) in [6, 6.07) is 11.3. The summed E-state index contributed by atoms with van der Waals surface area (Å²) >= 11 is 0. The number of hydrogen-bond acceptors (Lipinski definition) is 6. The molecule has 9 heteroatoms. The molecule has 0 atom stereocenters. The van der Waals surface area contributed by atoms with Crippen molar-refractivity contribution in [3.8, 4) is 0 Å². The predicted molar refractivity (Wildman–Crippen MR) is 108 cm³/mol. The Labute approximate surface area is 168 Å². The quantitative estimate of drug-likeness (QED) is 0.482. The van der Waals surface area contributed by atoms with Crippen molar-refractivity contribution < 1.29 is 19.2 Å². The zero-order valence-corrected chi connectivity index (χ0v) is 16.3. The van der Waals surface area contributed by atoms with Crippen LogP contribution in [0.1, 0.15) is 15.9 Å². The van der Waals surface area contributed by atoms with Crippen LogP contribution in [0.5, 0.6) is 0 Å². The monoisotopic (exact) mass is 398 g/mol. The molecule has 2 aromatic rings. The summed E-state index contributed by atoms with van der Waals surface area (Å²) in [6.07, 6.45) is 0. The molecule has 0 aliphatic carbocycles. The summed E-state index contributed by atoms with van der Waals surface area (Å²) in [6.45, 7) is 3.66. The first-order valence-electron chi connectivity index (χ1n) is 9.14. The first-order valence-corrected chi connectivity index (χ1v) is 9.14. The Bertz CT molecular complexity index is 938. The Kier molecular flexibility index (Phi) is 5.96. The molecule has 152 valence electrons. The minimum Gasteiger partial charge on any atom is -0.465 e. The van der Waals surface area contributed by atoms with Crippen LogP contribution in [0.15, 0.2) is 42.5 Å². The van der Waals surface area contributed by atoms with Crippen LogP contribution in [-0.2, 0) is 4.74 Å². The summed E-state index contributed by atoms with van der Waals surface area (Å²) in [5, 5.41) is 14.1. The van der Waals surface area contributed by atoms with Crippen LogP contribution in [0.4, 0.5) is 21.9 Å². The lowest BCUT2D eigenvalue weighted by Crippen LogP contribution is -2.50. The van der Waals surface area contributed by atoms with Crippen LogP contribution in [0.3, 0.4) is 0 Å². The van der Waals surface area contributed by atoms with Gasteiger partial charge in [0.25, 0.3) is 5.69 Å². The third-order valence-electron chi connectivity index (χ3n) is 4.89. The number of anilines is 2. The van der Waals surface area contributed by atoms with E-state index in [1.165, 1.54) is 13.2 Å². The van der Waals surface area contributed by atoms with Gasteiger partial charge in [-0.3, -0.25) is 10.1 Å². The minimum atomic E-state index is -0.474. The van der Waals surface area contributed by atoms with Crippen LogP contribution in [0.2, 0.25) is 0 Å².